The van der Waals surface area contributed by atoms with E-state index in [0.29, 0.717) is 41.5 Å². The number of carbonyl (C=O) groups is 1. The molecular formula is C22H24FN3O2. The predicted molar refractivity (Wildman–Crippen MR) is 102 cm³/mol. The van der Waals surface area contributed by atoms with Gasteiger partial charge in [0.05, 0.1) is 5.56 Å². The summed E-state index contributed by atoms with van der Waals surface area (Å²) < 4.78 is 19.3. The van der Waals surface area contributed by atoms with Gasteiger partial charge in [-0.1, -0.05) is 29.4 Å². The molecule has 5 nitrogen and oxygen atoms in total. The summed E-state index contributed by atoms with van der Waals surface area (Å²) in [6.45, 7) is 1.59. The van der Waals surface area contributed by atoms with Gasteiger partial charge in [0.15, 0.2) is 0 Å². The quantitative estimate of drug-likeness (QED) is 0.755. The lowest BCUT2D eigenvalue weighted by Crippen LogP contribution is -2.44. The van der Waals surface area contributed by atoms with E-state index in [2.05, 4.69) is 22.3 Å². The van der Waals surface area contributed by atoms with Crippen molar-refractivity contribution in [3.05, 3.63) is 48.1 Å². The van der Waals surface area contributed by atoms with E-state index in [-0.39, 0.29) is 17.6 Å². The molecular weight excluding hydrogens is 357 g/mol. The lowest BCUT2D eigenvalue weighted by atomic mass is 9.89. The Kier molecular flexibility index (Phi) is 4.49. The Morgan fingerprint density at radius 1 is 1.25 bits per heavy atom. The average molecular weight is 381 g/mol. The fourth-order valence-electron chi connectivity index (χ4n) is 5.07. The van der Waals surface area contributed by atoms with Gasteiger partial charge in [0.1, 0.15) is 5.82 Å². The van der Waals surface area contributed by atoms with E-state index < -0.39 is 0 Å². The molecule has 2 heterocycles. The Labute approximate surface area is 163 Å². The SMILES string of the molecule is O=C([C@@H]1C[C@H]2C=C[C@H]1C2)N1CCC[C@H](Cc2nc(-c3ccccc3F)no2)C1. The monoisotopic (exact) mass is 381 g/mol. The molecule has 5 rings (SSSR count). The lowest BCUT2D eigenvalue weighted by Gasteiger charge is -2.35. The van der Waals surface area contributed by atoms with Crippen LogP contribution in [0.15, 0.2) is 40.9 Å². The van der Waals surface area contributed by atoms with Crippen LogP contribution in [-0.2, 0) is 11.2 Å². The summed E-state index contributed by atoms with van der Waals surface area (Å²) in [5.74, 6) is 2.28. The van der Waals surface area contributed by atoms with Gasteiger partial charge in [-0.25, -0.2) is 4.39 Å². The summed E-state index contributed by atoms with van der Waals surface area (Å²) in [5.41, 5.74) is 0.349. The Balaban J connectivity index is 1.23. The summed E-state index contributed by atoms with van der Waals surface area (Å²) in [4.78, 5) is 19.4. The van der Waals surface area contributed by atoms with Gasteiger partial charge in [0.25, 0.3) is 0 Å². The van der Waals surface area contributed by atoms with Crippen LogP contribution in [0.5, 0.6) is 0 Å². The third-order valence-corrected chi connectivity index (χ3v) is 6.47. The average Bonchev–Trinajstić information content (AvgIpc) is 3.45. The van der Waals surface area contributed by atoms with Crippen molar-refractivity contribution in [3.8, 4) is 11.4 Å². The number of nitrogens with zero attached hydrogens (tertiary/aromatic N) is 3. The predicted octanol–water partition coefficient (Wildman–Crippen LogP) is 3.87. The van der Waals surface area contributed by atoms with E-state index in [4.69, 9.17) is 4.52 Å². The highest BCUT2D eigenvalue weighted by molar-refractivity contribution is 5.80. The Morgan fingerprint density at radius 2 is 2.14 bits per heavy atom. The number of allylic oxidation sites excluding steroid dienone is 2. The summed E-state index contributed by atoms with van der Waals surface area (Å²) in [5, 5.41) is 3.94. The summed E-state index contributed by atoms with van der Waals surface area (Å²) in [7, 11) is 0. The molecule has 2 aliphatic carbocycles. The number of likely N-dealkylation sites (tertiary alicyclic amines) is 1. The number of aromatic nitrogens is 2. The standard InChI is InChI=1S/C22H24FN3O2/c23-19-6-2-1-5-17(19)21-24-20(28-25-21)12-15-4-3-9-26(13-15)22(27)18-11-14-7-8-16(18)10-14/h1-2,5-8,14-16,18H,3-4,9-13H2/t14-,15+,16-,18+/m0/s1. The Hall–Kier alpha value is -2.50. The number of piperidine rings is 1. The minimum Gasteiger partial charge on any atom is -0.342 e. The number of fused-ring (bicyclic) bond motifs is 2. The first kappa shape index (κ1) is 17.6. The molecule has 1 aliphatic heterocycles. The fourth-order valence-corrected chi connectivity index (χ4v) is 5.07. The number of carbonyl (C=O) groups excluding carboxylic acids is 1. The zero-order valence-electron chi connectivity index (χ0n) is 15.8. The van der Waals surface area contributed by atoms with Crippen LogP contribution in [0, 0.1) is 29.5 Å². The highest BCUT2D eigenvalue weighted by Crippen LogP contribution is 2.44. The van der Waals surface area contributed by atoms with E-state index >= 15 is 0 Å². The van der Waals surface area contributed by atoms with Crippen molar-refractivity contribution in [2.24, 2.45) is 23.7 Å². The van der Waals surface area contributed by atoms with E-state index in [0.717, 1.165) is 38.8 Å². The minimum atomic E-state index is -0.357. The van der Waals surface area contributed by atoms with Crippen LogP contribution in [0.2, 0.25) is 0 Å². The third kappa shape index (κ3) is 3.25. The second-order valence-electron chi connectivity index (χ2n) is 8.37. The minimum absolute atomic E-state index is 0.171. The molecule has 1 saturated heterocycles. The summed E-state index contributed by atoms with van der Waals surface area (Å²) in [6, 6.07) is 6.43. The van der Waals surface area contributed by atoms with Crippen molar-refractivity contribution in [1.29, 1.82) is 0 Å². The first-order valence-corrected chi connectivity index (χ1v) is 10.2. The van der Waals surface area contributed by atoms with E-state index in [1.807, 2.05) is 4.90 Å². The number of amides is 1. The molecule has 1 aromatic carbocycles. The lowest BCUT2D eigenvalue weighted by molar-refractivity contribution is -0.138. The number of benzene rings is 1. The summed E-state index contributed by atoms with van der Waals surface area (Å²) >= 11 is 0. The molecule has 0 unspecified atom stereocenters. The second kappa shape index (κ2) is 7.15. The topological polar surface area (TPSA) is 59.2 Å². The van der Waals surface area contributed by atoms with Crippen molar-refractivity contribution in [2.75, 3.05) is 13.1 Å². The maximum absolute atomic E-state index is 13.9. The molecule has 146 valence electrons. The van der Waals surface area contributed by atoms with Crippen LogP contribution >= 0.6 is 0 Å². The van der Waals surface area contributed by atoms with E-state index in [1.54, 1.807) is 18.2 Å². The molecule has 1 saturated carbocycles. The summed E-state index contributed by atoms with van der Waals surface area (Å²) in [6.07, 6.45) is 9.34. The van der Waals surface area contributed by atoms with Gasteiger partial charge < -0.3 is 9.42 Å². The number of halogens is 1. The molecule has 28 heavy (non-hydrogen) atoms. The normalized spacial score (nSPS) is 28.8. The smallest absolute Gasteiger partial charge is 0.227 e. The van der Waals surface area contributed by atoms with Gasteiger partial charge in [-0.15, -0.1) is 0 Å². The number of hydrogen-bond acceptors (Lipinski definition) is 4. The zero-order chi connectivity index (χ0) is 19.1. The number of hydrogen-bond donors (Lipinski definition) is 0. The molecule has 3 aliphatic rings. The Bertz CT molecular complexity index is 909. The molecule has 2 fully saturated rings. The van der Waals surface area contributed by atoms with Gasteiger partial charge in [0, 0.05) is 25.4 Å². The first-order chi connectivity index (χ1) is 13.7. The van der Waals surface area contributed by atoms with E-state index in [1.165, 1.54) is 6.07 Å². The van der Waals surface area contributed by atoms with Crippen molar-refractivity contribution in [3.63, 3.8) is 0 Å². The van der Waals surface area contributed by atoms with Gasteiger partial charge in [-0.05, 0) is 55.6 Å². The molecule has 2 bridgehead atoms. The zero-order valence-corrected chi connectivity index (χ0v) is 15.8. The van der Waals surface area contributed by atoms with E-state index in [9.17, 15) is 9.18 Å². The molecule has 6 heteroatoms. The molecule has 0 spiro atoms. The highest BCUT2D eigenvalue weighted by atomic mass is 19.1. The Morgan fingerprint density at radius 3 is 2.93 bits per heavy atom. The second-order valence-corrected chi connectivity index (χ2v) is 8.37. The van der Waals surface area contributed by atoms with Gasteiger partial charge in [0.2, 0.25) is 17.6 Å². The van der Waals surface area contributed by atoms with Crippen molar-refractivity contribution >= 4 is 5.91 Å². The van der Waals surface area contributed by atoms with Crippen molar-refractivity contribution in [1.82, 2.24) is 15.0 Å². The third-order valence-electron chi connectivity index (χ3n) is 6.47. The maximum Gasteiger partial charge on any atom is 0.227 e. The van der Waals surface area contributed by atoms with Gasteiger partial charge in [-0.3, -0.25) is 4.79 Å². The van der Waals surface area contributed by atoms with Gasteiger partial charge >= 0.3 is 0 Å². The van der Waals surface area contributed by atoms with Crippen LogP contribution in [0.4, 0.5) is 4.39 Å². The molecule has 0 radical (unpaired) electrons. The van der Waals surface area contributed by atoms with Crippen molar-refractivity contribution in [2.45, 2.75) is 32.1 Å². The molecule has 1 amide bonds. The highest BCUT2D eigenvalue weighted by Gasteiger charge is 2.42. The molecule has 1 aromatic heterocycles. The molecule has 0 N–H and O–H groups in total. The van der Waals surface area contributed by atoms with Crippen LogP contribution in [0.3, 0.4) is 0 Å². The molecule has 2 aromatic rings. The van der Waals surface area contributed by atoms with Crippen molar-refractivity contribution < 1.29 is 13.7 Å². The largest absolute Gasteiger partial charge is 0.342 e. The molecule has 4 atom stereocenters. The van der Waals surface area contributed by atoms with Crippen LogP contribution in [0.1, 0.15) is 31.6 Å². The number of rotatable bonds is 4. The first-order valence-electron chi connectivity index (χ1n) is 10.2. The fraction of sp³-hybridized carbons (Fsp3) is 0.500. The van der Waals surface area contributed by atoms with Gasteiger partial charge in [-0.2, -0.15) is 4.98 Å². The van der Waals surface area contributed by atoms with Crippen LogP contribution in [-0.4, -0.2) is 34.0 Å². The maximum atomic E-state index is 13.9. The van der Waals surface area contributed by atoms with Crippen LogP contribution in [0.25, 0.3) is 11.4 Å². The van der Waals surface area contributed by atoms with Crippen LogP contribution < -0.4 is 0 Å².